The number of nitrogens with one attached hydrogen (secondary N) is 1. The second-order valence-corrected chi connectivity index (χ2v) is 7.33. The lowest BCUT2D eigenvalue weighted by Gasteiger charge is -2.18. The Morgan fingerprint density at radius 1 is 1.03 bits per heavy atom. The van der Waals surface area contributed by atoms with Crippen molar-refractivity contribution in [2.75, 3.05) is 33.1 Å². The van der Waals surface area contributed by atoms with Crippen LogP contribution in [-0.4, -0.2) is 48.4 Å². The molecule has 0 saturated heterocycles. The average molecular weight is 409 g/mol. The van der Waals surface area contributed by atoms with Crippen LogP contribution >= 0.6 is 0 Å². The molecular formula is C23H28N4O3. The number of nitrogens with zero attached hydrogens (tertiary/aromatic N) is 3. The number of aryl methyl sites for hydroxylation is 2. The van der Waals surface area contributed by atoms with Crippen LogP contribution in [0.25, 0.3) is 5.69 Å². The van der Waals surface area contributed by atoms with Crippen LogP contribution in [0.15, 0.2) is 48.5 Å². The number of carbonyl (C=O) groups is 1. The van der Waals surface area contributed by atoms with Gasteiger partial charge >= 0.3 is 0 Å². The fraction of sp³-hybridized carbons (Fsp3) is 0.304. The van der Waals surface area contributed by atoms with Crippen LogP contribution in [0.5, 0.6) is 11.5 Å². The van der Waals surface area contributed by atoms with E-state index in [0.29, 0.717) is 23.9 Å². The fourth-order valence-electron chi connectivity index (χ4n) is 3.25. The van der Waals surface area contributed by atoms with Crippen molar-refractivity contribution in [2.24, 2.45) is 0 Å². The van der Waals surface area contributed by atoms with Gasteiger partial charge in [0, 0.05) is 12.6 Å². The molecule has 0 aliphatic carbocycles. The van der Waals surface area contributed by atoms with E-state index in [2.05, 4.69) is 10.4 Å². The molecule has 2 aromatic carbocycles. The summed E-state index contributed by atoms with van der Waals surface area (Å²) in [5.41, 5.74) is 3.95. The van der Waals surface area contributed by atoms with Crippen molar-refractivity contribution in [3.8, 4) is 17.2 Å². The highest BCUT2D eigenvalue weighted by atomic mass is 16.5. The first kappa shape index (κ1) is 21.4. The SMILES string of the molecule is COc1ccc(CN(C)CC(=O)Nc2cc(C)nn2-c2ccc(C)cc2)cc1OC. The highest BCUT2D eigenvalue weighted by Gasteiger charge is 2.14. The van der Waals surface area contributed by atoms with E-state index in [1.54, 1.807) is 18.9 Å². The lowest BCUT2D eigenvalue weighted by Crippen LogP contribution is -2.30. The molecule has 0 spiro atoms. The third kappa shape index (κ3) is 5.18. The van der Waals surface area contributed by atoms with Crippen LogP contribution in [0.2, 0.25) is 0 Å². The highest BCUT2D eigenvalue weighted by Crippen LogP contribution is 2.28. The minimum absolute atomic E-state index is 0.105. The van der Waals surface area contributed by atoms with E-state index in [1.165, 1.54) is 5.56 Å². The van der Waals surface area contributed by atoms with Gasteiger partial charge in [0.05, 0.1) is 32.1 Å². The van der Waals surface area contributed by atoms with E-state index in [1.807, 2.05) is 74.3 Å². The van der Waals surface area contributed by atoms with Crippen molar-refractivity contribution in [3.63, 3.8) is 0 Å². The number of ether oxygens (including phenoxy) is 2. The van der Waals surface area contributed by atoms with Gasteiger partial charge in [-0.3, -0.25) is 9.69 Å². The van der Waals surface area contributed by atoms with Crippen molar-refractivity contribution in [2.45, 2.75) is 20.4 Å². The number of anilines is 1. The molecular weight excluding hydrogens is 380 g/mol. The molecule has 0 radical (unpaired) electrons. The maximum atomic E-state index is 12.6. The second-order valence-electron chi connectivity index (χ2n) is 7.33. The van der Waals surface area contributed by atoms with Gasteiger partial charge in [-0.2, -0.15) is 5.10 Å². The van der Waals surface area contributed by atoms with Crippen LogP contribution in [0.3, 0.4) is 0 Å². The zero-order chi connectivity index (χ0) is 21.7. The largest absolute Gasteiger partial charge is 0.493 e. The first-order valence-corrected chi connectivity index (χ1v) is 9.72. The minimum Gasteiger partial charge on any atom is -0.493 e. The van der Waals surface area contributed by atoms with Crippen LogP contribution in [-0.2, 0) is 11.3 Å². The van der Waals surface area contributed by atoms with E-state index < -0.39 is 0 Å². The lowest BCUT2D eigenvalue weighted by atomic mass is 10.2. The van der Waals surface area contributed by atoms with Crippen molar-refractivity contribution in [1.29, 1.82) is 0 Å². The standard InChI is InChI=1S/C23H28N4O3/c1-16-6-9-19(10-7-16)27-22(12-17(2)25-27)24-23(28)15-26(3)14-18-8-11-20(29-4)21(13-18)30-5/h6-13H,14-15H2,1-5H3,(H,24,28). The molecule has 7 nitrogen and oxygen atoms in total. The number of benzene rings is 2. The number of hydrogen-bond donors (Lipinski definition) is 1. The zero-order valence-electron chi connectivity index (χ0n) is 18.1. The van der Waals surface area contributed by atoms with Crippen LogP contribution in [0.4, 0.5) is 5.82 Å². The molecule has 0 atom stereocenters. The van der Waals surface area contributed by atoms with Gasteiger partial charge in [0.15, 0.2) is 11.5 Å². The van der Waals surface area contributed by atoms with Gasteiger partial charge in [0.1, 0.15) is 5.82 Å². The molecule has 1 amide bonds. The molecule has 0 aliphatic rings. The highest BCUT2D eigenvalue weighted by molar-refractivity contribution is 5.91. The molecule has 3 rings (SSSR count). The van der Waals surface area contributed by atoms with Crippen molar-refractivity contribution in [1.82, 2.24) is 14.7 Å². The Balaban J connectivity index is 1.65. The Morgan fingerprint density at radius 2 is 1.73 bits per heavy atom. The van der Waals surface area contributed by atoms with Crippen LogP contribution in [0.1, 0.15) is 16.8 Å². The van der Waals surface area contributed by atoms with Crippen LogP contribution in [0, 0.1) is 13.8 Å². The Bertz CT molecular complexity index is 1010. The maximum absolute atomic E-state index is 12.6. The topological polar surface area (TPSA) is 68.6 Å². The average Bonchev–Trinajstić information content (AvgIpc) is 3.08. The third-order valence-corrected chi connectivity index (χ3v) is 4.69. The number of rotatable bonds is 8. The van der Waals surface area contributed by atoms with Gasteiger partial charge in [0.25, 0.3) is 0 Å². The normalized spacial score (nSPS) is 10.9. The molecule has 0 aliphatic heterocycles. The smallest absolute Gasteiger partial charge is 0.239 e. The first-order valence-electron chi connectivity index (χ1n) is 9.72. The molecule has 7 heteroatoms. The second kappa shape index (κ2) is 9.45. The van der Waals surface area contributed by atoms with Gasteiger partial charge in [0.2, 0.25) is 5.91 Å². The quantitative estimate of drug-likeness (QED) is 0.617. The summed E-state index contributed by atoms with van der Waals surface area (Å²) in [5.74, 6) is 1.90. The molecule has 0 saturated carbocycles. The summed E-state index contributed by atoms with van der Waals surface area (Å²) in [4.78, 5) is 14.6. The summed E-state index contributed by atoms with van der Waals surface area (Å²) in [5, 5.41) is 7.49. The van der Waals surface area contributed by atoms with E-state index >= 15 is 0 Å². The number of methoxy groups -OCH3 is 2. The lowest BCUT2D eigenvalue weighted by molar-refractivity contribution is -0.117. The molecule has 1 aromatic heterocycles. The van der Waals surface area contributed by atoms with Gasteiger partial charge in [-0.1, -0.05) is 23.8 Å². The van der Waals surface area contributed by atoms with Crippen molar-refractivity contribution >= 4 is 11.7 Å². The first-order chi connectivity index (χ1) is 14.4. The summed E-state index contributed by atoms with van der Waals surface area (Å²) in [6.07, 6.45) is 0. The molecule has 0 bridgehead atoms. The van der Waals surface area contributed by atoms with Gasteiger partial charge in [-0.15, -0.1) is 0 Å². The molecule has 0 fully saturated rings. The Hall–Kier alpha value is -3.32. The molecule has 1 heterocycles. The van der Waals surface area contributed by atoms with Gasteiger partial charge in [-0.25, -0.2) is 4.68 Å². The number of amides is 1. The van der Waals surface area contributed by atoms with E-state index in [-0.39, 0.29) is 12.5 Å². The molecule has 30 heavy (non-hydrogen) atoms. The molecule has 1 N–H and O–H groups in total. The molecule has 0 unspecified atom stereocenters. The monoisotopic (exact) mass is 408 g/mol. The third-order valence-electron chi connectivity index (χ3n) is 4.69. The summed E-state index contributed by atoms with van der Waals surface area (Å²) < 4.78 is 12.4. The Labute approximate surface area is 177 Å². The predicted molar refractivity (Wildman–Crippen MR) is 118 cm³/mol. The van der Waals surface area contributed by atoms with Crippen LogP contribution < -0.4 is 14.8 Å². The molecule has 3 aromatic rings. The van der Waals surface area contributed by atoms with E-state index in [0.717, 1.165) is 16.9 Å². The Kier molecular flexibility index (Phi) is 6.74. The summed E-state index contributed by atoms with van der Waals surface area (Å²) in [7, 11) is 5.12. The summed E-state index contributed by atoms with van der Waals surface area (Å²) in [6, 6.07) is 15.6. The summed E-state index contributed by atoms with van der Waals surface area (Å²) >= 11 is 0. The van der Waals surface area contributed by atoms with E-state index in [4.69, 9.17) is 9.47 Å². The van der Waals surface area contributed by atoms with E-state index in [9.17, 15) is 4.79 Å². The molecule has 158 valence electrons. The van der Waals surface area contributed by atoms with Gasteiger partial charge in [-0.05, 0) is 50.7 Å². The maximum Gasteiger partial charge on any atom is 0.239 e. The predicted octanol–water partition coefficient (Wildman–Crippen LogP) is 3.58. The minimum atomic E-state index is -0.105. The number of likely N-dealkylation sites (N-methyl/N-ethyl adjacent to an activating group) is 1. The van der Waals surface area contributed by atoms with Crippen molar-refractivity contribution < 1.29 is 14.3 Å². The Morgan fingerprint density at radius 3 is 2.40 bits per heavy atom. The summed E-state index contributed by atoms with van der Waals surface area (Å²) in [6.45, 7) is 4.79. The fourth-order valence-corrected chi connectivity index (χ4v) is 3.25. The van der Waals surface area contributed by atoms with Crippen molar-refractivity contribution in [3.05, 3.63) is 65.4 Å². The number of hydrogen-bond acceptors (Lipinski definition) is 5. The zero-order valence-corrected chi connectivity index (χ0v) is 18.1. The number of carbonyl (C=O) groups excluding carboxylic acids is 1. The number of aromatic nitrogens is 2. The van der Waals surface area contributed by atoms with Gasteiger partial charge < -0.3 is 14.8 Å².